The minimum atomic E-state index is 0.150. The molecule has 0 unspecified atom stereocenters. The Hall–Kier alpha value is -1.65. The van der Waals surface area contributed by atoms with E-state index >= 15 is 0 Å². The van der Waals surface area contributed by atoms with Gasteiger partial charge in [-0.05, 0) is 37.8 Å². The zero-order chi connectivity index (χ0) is 14.8. The number of aryl methyl sites for hydroxylation is 3. The van der Waals surface area contributed by atoms with Crippen LogP contribution in [-0.4, -0.2) is 28.1 Å². The summed E-state index contributed by atoms with van der Waals surface area (Å²) in [6.45, 7) is 5.34. The van der Waals surface area contributed by atoms with Crippen molar-refractivity contribution in [2.24, 2.45) is 0 Å². The highest BCUT2D eigenvalue weighted by Gasteiger charge is 2.28. The number of nitrogens with zero attached hydrogens (tertiary/aromatic N) is 2. The summed E-state index contributed by atoms with van der Waals surface area (Å²) < 4.78 is 5.70. The van der Waals surface area contributed by atoms with Crippen molar-refractivity contribution in [3.05, 3.63) is 52.7 Å². The molecule has 0 fully saturated rings. The van der Waals surface area contributed by atoms with Crippen LogP contribution < -0.4 is 0 Å². The normalized spacial score (nSPS) is 17.4. The molecule has 1 aliphatic rings. The molecule has 0 saturated heterocycles. The van der Waals surface area contributed by atoms with Crippen molar-refractivity contribution in [1.29, 1.82) is 0 Å². The van der Waals surface area contributed by atoms with Crippen LogP contribution in [0, 0.1) is 13.8 Å². The Balaban J connectivity index is 1.82. The first-order chi connectivity index (χ1) is 10.2. The van der Waals surface area contributed by atoms with E-state index in [4.69, 9.17) is 4.42 Å². The fraction of sp³-hybridized carbons (Fsp3) is 0.471. The summed E-state index contributed by atoms with van der Waals surface area (Å²) in [5.74, 6) is 1.61. The molecule has 112 valence electrons. The highest BCUT2D eigenvalue weighted by atomic mass is 16.4. The molecule has 1 aromatic carbocycles. The van der Waals surface area contributed by atoms with Crippen LogP contribution in [0.5, 0.6) is 0 Å². The van der Waals surface area contributed by atoms with Gasteiger partial charge in [0.25, 0.3) is 0 Å². The van der Waals surface area contributed by atoms with Gasteiger partial charge in [-0.25, -0.2) is 4.98 Å². The van der Waals surface area contributed by atoms with Crippen LogP contribution in [0.15, 0.2) is 28.7 Å². The average Bonchev–Trinajstić information content (AvgIpc) is 3.03. The summed E-state index contributed by atoms with van der Waals surface area (Å²) in [5, 5.41) is 9.39. The van der Waals surface area contributed by atoms with Gasteiger partial charge in [-0.3, -0.25) is 4.90 Å². The third-order valence-electron chi connectivity index (χ3n) is 4.34. The molecule has 1 N–H and O–H groups in total. The van der Waals surface area contributed by atoms with Gasteiger partial charge in [0.15, 0.2) is 0 Å². The lowest BCUT2D eigenvalue weighted by Gasteiger charge is -2.27. The fourth-order valence-electron chi connectivity index (χ4n) is 3.17. The Morgan fingerprint density at radius 3 is 2.86 bits per heavy atom. The predicted octanol–water partition coefficient (Wildman–Crippen LogP) is 2.77. The third-order valence-corrected chi connectivity index (χ3v) is 4.34. The molecular weight excluding hydrogens is 264 g/mol. The number of benzene rings is 1. The molecule has 1 atom stereocenters. The molecule has 1 heterocycles. The highest BCUT2D eigenvalue weighted by molar-refractivity contribution is 5.34. The lowest BCUT2D eigenvalue weighted by molar-refractivity contribution is 0.131. The number of aromatic nitrogens is 1. The van der Waals surface area contributed by atoms with Crippen molar-refractivity contribution in [1.82, 2.24) is 9.88 Å². The van der Waals surface area contributed by atoms with Crippen molar-refractivity contribution in [3.8, 4) is 0 Å². The van der Waals surface area contributed by atoms with E-state index in [0.717, 1.165) is 30.2 Å². The maximum Gasteiger partial charge on any atom is 0.208 e. The fourth-order valence-corrected chi connectivity index (χ4v) is 3.17. The van der Waals surface area contributed by atoms with E-state index in [9.17, 15) is 5.11 Å². The molecule has 4 heteroatoms. The van der Waals surface area contributed by atoms with Gasteiger partial charge < -0.3 is 9.52 Å². The number of hydrogen-bond acceptors (Lipinski definition) is 4. The monoisotopic (exact) mass is 286 g/mol. The first-order valence-electron chi connectivity index (χ1n) is 7.54. The zero-order valence-corrected chi connectivity index (χ0v) is 12.7. The SMILES string of the molecule is Cc1nc(CN(CCO)[C@@H]2CCc3ccccc32)oc1C. The van der Waals surface area contributed by atoms with Gasteiger partial charge in [-0.2, -0.15) is 0 Å². The molecule has 4 nitrogen and oxygen atoms in total. The van der Waals surface area contributed by atoms with E-state index in [1.54, 1.807) is 0 Å². The van der Waals surface area contributed by atoms with Crippen LogP contribution in [0.3, 0.4) is 0 Å². The van der Waals surface area contributed by atoms with Gasteiger partial charge in [0.1, 0.15) is 5.76 Å². The molecule has 2 aromatic rings. The van der Waals surface area contributed by atoms with Gasteiger partial charge in [0.05, 0.1) is 18.8 Å². The summed E-state index contributed by atoms with van der Waals surface area (Å²) in [6.07, 6.45) is 2.20. The molecule has 0 amide bonds. The van der Waals surface area contributed by atoms with Crippen molar-refractivity contribution in [3.63, 3.8) is 0 Å². The van der Waals surface area contributed by atoms with E-state index in [1.165, 1.54) is 11.1 Å². The summed E-state index contributed by atoms with van der Waals surface area (Å²) >= 11 is 0. The van der Waals surface area contributed by atoms with Crippen LogP contribution >= 0.6 is 0 Å². The van der Waals surface area contributed by atoms with Gasteiger partial charge in [0.2, 0.25) is 5.89 Å². The molecule has 21 heavy (non-hydrogen) atoms. The van der Waals surface area contributed by atoms with Crippen LogP contribution in [-0.2, 0) is 13.0 Å². The van der Waals surface area contributed by atoms with Gasteiger partial charge in [0, 0.05) is 12.6 Å². The minimum absolute atomic E-state index is 0.150. The molecule has 0 bridgehead atoms. The molecule has 0 radical (unpaired) electrons. The first kappa shape index (κ1) is 14.3. The Morgan fingerprint density at radius 1 is 1.33 bits per heavy atom. The number of rotatable bonds is 5. The topological polar surface area (TPSA) is 49.5 Å². The molecule has 1 aromatic heterocycles. The van der Waals surface area contributed by atoms with E-state index in [-0.39, 0.29) is 6.61 Å². The van der Waals surface area contributed by atoms with Crippen LogP contribution in [0.25, 0.3) is 0 Å². The second kappa shape index (κ2) is 6.00. The number of oxazole rings is 1. The summed E-state index contributed by atoms with van der Waals surface area (Å²) in [5.41, 5.74) is 3.75. The number of fused-ring (bicyclic) bond motifs is 1. The van der Waals surface area contributed by atoms with Crippen molar-refractivity contribution < 1.29 is 9.52 Å². The maximum absolute atomic E-state index is 9.39. The van der Waals surface area contributed by atoms with Crippen molar-refractivity contribution in [2.75, 3.05) is 13.2 Å². The number of aliphatic hydroxyl groups excluding tert-OH is 1. The van der Waals surface area contributed by atoms with Gasteiger partial charge >= 0.3 is 0 Å². The Bertz CT molecular complexity index is 602. The first-order valence-corrected chi connectivity index (χ1v) is 7.54. The average molecular weight is 286 g/mol. The minimum Gasteiger partial charge on any atom is -0.444 e. The lowest BCUT2D eigenvalue weighted by atomic mass is 10.1. The highest BCUT2D eigenvalue weighted by Crippen LogP contribution is 2.36. The zero-order valence-electron chi connectivity index (χ0n) is 12.7. The summed E-state index contributed by atoms with van der Waals surface area (Å²) in [4.78, 5) is 6.74. The summed E-state index contributed by atoms with van der Waals surface area (Å²) in [7, 11) is 0. The largest absolute Gasteiger partial charge is 0.444 e. The van der Waals surface area contributed by atoms with E-state index < -0.39 is 0 Å². The summed E-state index contributed by atoms with van der Waals surface area (Å²) in [6, 6.07) is 8.93. The molecule has 0 aliphatic heterocycles. The maximum atomic E-state index is 9.39. The second-order valence-electron chi connectivity index (χ2n) is 5.70. The molecule has 0 saturated carbocycles. The standard InChI is InChI=1S/C17H22N2O2/c1-12-13(2)21-17(18-12)11-19(9-10-20)16-8-7-14-5-3-4-6-15(14)16/h3-6,16,20H,7-11H2,1-2H3/t16-/m1/s1. The smallest absolute Gasteiger partial charge is 0.208 e. The second-order valence-corrected chi connectivity index (χ2v) is 5.70. The van der Waals surface area contributed by atoms with Crippen molar-refractivity contribution >= 4 is 0 Å². The van der Waals surface area contributed by atoms with Crippen molar-refractivity contribution in [2.45, 2.75) is 39.3 Å². The van der Waals surface area contributed by atoms with E-state index in [2.05, 4.69) is 34.1 Å². The Labute approximate surface area is 125 Å². The Morgan fingerprint density at radius 2 is 2.14 bits per heavy atom. The van der Waals surface area contributed by atoms with Gasteiger partial charge in [-0.1, -0.05) is 24.3 Å². The van der Waals surface area contributed by atoms with E-state index in [1.807, 2.05) is 13.8 Å². The third kappa shape index (κ3) is 2.87. The molecule has 0 spiro atoms. The van der Waals surface area contributed by atoms with Crippen LogP contribution in [0.4, 0.5) is 0 Å². The molecular formula is C17H22N2O2. The Kier molecular flexibility index (Phi) is 4.08. The quantitative estimate of drug-likeness (QED) is 0.918. The number of aliphatic hydroxyl groups is 1. The predicted molar refractivity (Wildman–Crippen MR) is 81.0 cm³/mol. The van der Waals surface area contributed by atoms with Gasteiger partial charge in [-0.15, -0.1) is 0 Å². The number of hydrogen-bond donors (Lipinski definition) is 1. The van der Waals surface area contributed by atoms with E-state index in [0.29, 0.717) is 19.1 Å². The molecule has 3 rings (SSSR count). The molecule has 1 aliphatic carbocycles. The van der Waals surface area contributed by atoms with Crippen LogP contribution in [0.2, 0.25) is 0 Å². The van der Waals surface area contributed by atoms with Crippen LogP contribution in [0.1, 0.15) is 40.9 Å². The lowest BCUT2D eigenvalue weighted by Crippen LogP contribution is -2.30.